The van der Waals surface area contributed by atoms with Crippen LogP contribution in [0.5, 0.6) is 34.5 Å². The third-order valence-electron chi connectivity index (χ3n) is 3.75. The van der Waals surface area contributed by atoms with Crippen molar-refractivity contribution in [3.05, 3.63) is 34.5 Å². The Kier molecular flexibility index (Phi) is 4.28. The maximum absolute atomic E-state index is 12.6. The van der Waals surface area contributed by atoms with Gasteiger partial charge in [-0.25, -0.2) is 0 Å². The minimum absolute atomic E-state index is 0.0536. The van der Waals surface area contributed by atoms with Crippen molar-refractivity contribution >= 4 is 16.9 Å². The average molecular weight is 374 g/mol. The van der Waals surface area contributed by atoms with Crippen LogP contribution in [0.1, 0.15) is 6.92 Å². The minimum atomic E-state index is -0.993. The van der Waals surface area contributed by atoms with Gasteiger partial charge in [0.25, 0.3) is 0 Å². The Morgan fingerprint density at radius 1 is 1.04 bits per heavy atom. The molecule has 0 unspecified atom stereocenters. The number of hydrogen-bond donors (Lipinski definition) is 4. The van der Waals surface area contributed by atoms with Crippen LogP contribution in [0.15, 0.2) is 33.5 Å². The van der Waals surface area contributed by atoms with Gasteiger partial charge in [-0.05, 0) is 18.2 Å². The number of fused-ring (bicyclic) bond motifs is 1. The summed E-state index contributed by atoms with van der Waals surface area (Å²) in [5.41, 5.74) is -1.28. The minimum Gasteiger partial charge on any atom is -0.507 e. The fourth-order valence-electron chi connectivity index (χ4n) is 2.54. The molecule has 0 amide bonds. The number of benzene rings is 2. The monoisotopic (exact) mass is 374 g/mol. The van der Waals surface area contributed by atoms with Crippen molar-refractivity contribution in [2.75, 3.05) is 7.11 Å². The fraction of sp³-hybridized carbons (Fsp3) is 0.111. The fourth-order valence-corrected chi connectivity index (χ4v) is 2.54. The van der Waals surface area contributed by atoms with E-state index in [0.717, 1.165) is 25.1 Å². The highest BCUT2D eigenvalue weighted by atomic mass is 16.6. The number of aromatic hydroxyl groups is 4. The van der Waals surface area contributed by atoms with Crippen LogP contribution in [-0.2, 0) is 4.79 Å². The number of hydrogen-bond acceptors (Lipinski definition) is 9. The lowest BCUT2D eigenvalue weighted by molar-refractivity contribution is -0.131. The number of phenolic OH excluding ortho intramolecular Hbond substituents is 3. The number of rotatable bonds is 3. The molecule has 9 heteroatoms. The molecule has 0 bridgehead atoms. The summed E-state index contributed by atoms with van der Waals surface area (Å²) in [6.45, 7) is 1.12. The summed E-state index contributed by atoms with van der Waals surface area (Å²) in [6, 6.07) is 4.52. The lowest BCUT2D eigenvalue weighted by Crippen LogP contribution is -2.08. The van der Waals surface area contributed by atoms with E-state index < -0.39 is 39.8 Å². The van der Waals surface area contributed by atoms with Crippen molar-refractivity contribution < 1.29 is 39.1 Å². The molecule has 0 atom stereocenters. The number of ether oxygens (including phenoxy) is 2. The van der Waals surface area contributed by atoms with Gasteiger partial charge in [0.2, 0.25) is 16.9 Å². The topological polar surface area (TPSA) is 147 Å². The van der Waals surface area contributed by atoms with Crippen molar-refractivity contribution in [1.82, 2.24) is 0 Å². The van der Waals surface area contributed by atoms with Gasteiger partial charge in [0.05, 0.1) is 7.11 Å². The molecule has 4 N–H and O–H groups in total. The third kappa shape index (κ3) is 2.95. The molecule has 0 spiro atoms. The molecule has 3 aromatic rings. The van der Waals surface area contributed by atoms with Gasteiger partial charge in [0, 0.05) is 18.6 Å². The van der Waals surface area contributed by atoms with Gasteiger partial charge in [-0.1, -0.05) is 0 Å². The predicted octanol–water partition coefficient (Wildman–Crippen LogP) is 2.22. The Morgan fingerprint density at radius 2 is 1.74 bits per heavy atom. The highest BCUT2D eigenvalue weighted by Crippen LogP contribution is 2.43. The molecular weight excluding hydrogens is 360 g/mol. The van der Waals surface area contributed by atoms with E-state index >= 15 is 0 Å². The summed E-state index contributed by atoms with van der Waals surface area (Å²) in [6.07, 6.45) is 0. The Morgan fingerprint density at radius 3 is 2.33 bits per heavy atom. The molecule has 0 radical (unpaired) electrons. The lowest BCUT2D eigenvalue weighted by atomic mass is 10.1. The van der Waals surface area contributed by atoms with Gasteiger partial charge < -0.3 is 34.3 Å². The highest BCUT2D eigenvalue weighted by Gasteiger charge is 2.25. The Bertz CT molecular complexity index is 1130. The van der Waals surface area contributed by atoms with Crippen molar-refractivity contribution in [2.24, 2.45) is 0 Å². The van der Waals surface area contributed by atoms with E-state index in [4.69, 9.17) is 13.9 Å². The predicted molar refractivity (Wildman–Crippen MR) is 92.4 cm³/mol. The van der Waals surface area contributed by atoms with Gasteiger partial charge in [-0.15, -0.1) is 0 Å². The average Bonchev–Trinajstić information content (AvgIpc) is 2.61. The van der Waals surface area contributed by atoms with E-state index in [9.17, 15) is 30.0 Å². The van der Waals surface area contributed by atoms with Gasteiger partial charge in [0.1, 0.15) is 11.1 Å². The smallest absolute Gasteiger partial charge is 0.308 e. The molecule has 0 aliphatic rings. The summed E-state index contributed by atoms with van der Waals surface area (Å²) in [7, 11) is 1.26. The van der Waals surface area contributed by atoms with Gasteiger partial charge in [0.15, 0.2) is 28.6 Å². The SMILES string of the molecule is COc1cc(O)c2c(=O)c(O)c(-c3ccc(O)c(O)c3)oc2c1OC(C)=O. The molecule has 27 heavy (non-hydrogen) atoms. The second kappa shape index (κ2) is 6.45. The summed E-state index contributed by atoms with van der Waals surface area (Å²) >= 11 is 0. The van der Waals surface area contributed by atoms with E-state index in [-0.39, 0.29) is 28.4 Å². The van der Waals surface area contributed by atoms with Crippen molar-refractivity contribution in [2.45, 2.75) is 6.92 Å². The number of methoxy groups -OCH3 is 1. The Balaban J connectivity index is 2.44. The first-order chi connectivity index (χ1) is 12.7. The Hall–Kier alpha value is -3.88. The molecule has 0 aliphatic carbocycles. The number of carbonyl (C=O) groups is 1. The summed E-state index contributed by atoms with van der Waals surface area (Å²) in [4.78, 5) is 24.0. The zero-order valence-corrected chi connectivity index (χ0v) is 14.1. The molecule has 2 aromatic carbocycles. The highest BCUT2D eigenvalue weighted by molar-refractivity contribution is 5.94. The summed E-state index contributed by atoms with van der Waals surface area (Å²) in [5.74, 6) is -3.78. The van der Waals surface area contributed by atoms with Crippen LogP contribution in [0, 0.1) is 0 Å². The molecule has 0 aliphatic heterocycles. The standard InChI is InChI=1S/C18H14O9/c1-7(19)26-17-12(25-2)6-11(22)13-14(23)15(24)16(27-18(13)17)8-3-4-9(20)10(21)5-8/h3-6,20-22,24H,1-2H3. The summed E-state index contributed by atoms with van der Waals surface area (Å²) < 4.78 is 15.7. The molecule has 9 nitrogen and oxygen atoms in total. The van der Waals surface area contributed by atoms with Crippen molar-refractivity contribution in [3.8, 4) is 45.8 Å². The van der Waals surface area contributed by atoms with E-state index in [1.807, 2.05) is 0 Å². The third-order valence-corrected chi connectivity index (χ3v) is 3.75. The van der Waals surface area contributed by atoms with Crippen LogP contribution < -0.4 is 14.9 Å². The number of phenols is 3. The number of esters is 1. The largest absolute Gasteiger partial charge is 0.507 e. The van der Waals surface area contributed by atoms with E-state index in [2.05, 4.69) is 0 Å². The van der Waals surface area contributed by atoms with Crippen LogP contribution >= 0.6 is 0 Å². The Labute approximate surface area is 151 Å². The molecule has 1 heterocycles. The van der Waals surface area contributed by atoms with Gasteiger partial charge in [-0.3, -0.25) is 9.59 Å². The molecular formula is C18H14O9. The van der Waals surface area contributed by atoms with E-state index in [0.29, 0.717) is 0 Å². The molecule has 0 fully saturated rings. The van der Waals surface area contributed by atoms with Crippen molar-refractivity contribution in [3.63, 3.8) is 0 Å². The molecule has 140 valence electrons. The first-order valence-corrected chi connectivity index (χ1v) is 7.55. The molecule has 0 saturated carbocycles. The first-order valence-electron chi connectivity index (χ1n) is 7.55. The summed E-state index contributed by atoms with van der Waals surface area (Å²) in [5, 5.41) is 39.0. The zero-order chi connectivity index (χ0) is 19.9. The quantitative estimate of drug-likeness (QED) is 0.308. The van der Waals surface area contributed by atoms with Gasteiger partial charge >= 0.3 is 5.97 Å². The first kappa shape index (κ1) is 17.9. The normalized spacial score (nSPS) is 10.7. The van der Waals surface area contributed by atoms with Gasteiger partial charge in [-0.2, -0.15) is 0 Å². The van der Waals surface area contributed by atoms with Crippen LogP contribution in [0.3, 0.4) is 0 Å². The second-order valence-corrected chi connectivity index (χ2v) is 5.54. The second-order valence-electron chi connectivity index (χ2n) is 5.54. The molecule has 3 rings (SSSR count). The molecule has 0 saturated heterocycles. The lowest BCUT2D eigenvalue weighted by Gasteiger charge is -2.13. The number of carbonyl (C=O) groups excluding carboxylic acids is 1. The maximum Gasteiger partial charge on any atom is 0.308 e. The van der Waals surface area contributed by atoms with E-state index in [1.54, 1.807) is 0 Å². The molecule has 1 aromatic heterocycles. The van der Waals surface area contributed by atoms with Crippen LogP contribution in [0.25, 0.3) is 22.3 Å². The maximum atomic E-state index is 12.6. The van der Waals surface area contributed by atoms with E-state index in [1.165, 1.54) is 13.2 Å². The van der Waals surface area contributed by atoms with Crippen molar-refractivity contribution in [1.29, 1.82) is 0 Å². The zero-order valence-electron chi connectivity index (χ0n) is 14.1. The van der Waals surface area contributed by atoms with Crippen LogP contribution in [0.2, 0.25) is 0 Å². The van der Waals surface area contributed by atoms with Crippen LogP contribution in [-0.4, -0.2) is 33.5 Å². The van der Waals surface area contributed by atoms with Crippen LogP contribution in [0.4, 0.5) is 0 Å².